The van der Waals surface area contributed by atoms with E-state index in [1.807, 2.05) is 18.2 Å². The lowest BCUT2D eigenvalue weighted by atomic mass is 10.1. The molecule has 2 aromatic heterocycles. The second-order valence-corrected chi connectivity index (χ2v) is 10.3. The molecule has 218 valence electrons. The molecule has 1 aliphatic rings. The Labute approximate surface area is 241 Å². The third-order valence-corrected chi connectivity index (χ3v) is 7.58. The average Bonchev–Trinajstić information content (AvgIpc) is 3.30. The van der Waals surface area contributed by atoms with Crippen molar-refractivity contribution in [3.63, 3.8) is 0 Å². The number of ether oxygens (including phenoxy) is 2. The van der Waals surface area contributed by atoms with E-state index < -0.39 is 17.4 Å². The van der Waals surface area contributed by atoms with Crippen LogP contribution in [0.15, 0.2) is 59.4 Å². The molecule has 2 amide bonds. The summed E-state index contributed by atoms with van der Waals surface area (Å²) in [4.78, 5) is 66.0. The first-order valence-corrected chi connectivity index (χ1v) is 13.7. The summed E-state index contributed by atoms with van der Waals surface area (Å²) in [6.45, 7) is 1.46. The molecule has 11 nitrogen and oxygen atoms in total. The Bertz CT molecular complexity index is 1760. The van der Waals surface area contributed by atoms with Crippen LogP contribution in [0.25, 0.3) is 21.8 Å². The average molecular weight is 573 g/mol. The van der Waals surface area contributed by atoms with Gasteiger partial charge in [-0.05, 0) is 18.9 Å². The number of ketones is 1. The molecule has 0 aliphatic carbocycles. The molecule has 0 spiro atoms. The molecule has 2 aromatic carbocycles. The number of fused-ring (bicyclic) bond motifs is 3. The van der Waals surface area contributed by atoms with Gasteiger partial charge in [0.25, 0.3) is 17.4 Å². The van der Waals surface area contributed by atoms with Crippen molar-refractivity contribution in [1.29, 1.82) is 0 Å². The van der Waals surface area contributed by atoms with Gasteiger partial charge in [0, 0.05) is 44.1 Å². The number of Topliss-reactive ketones (excluding diaryl/α,β-unsaturated/α-hetero) is 1. The van der Waals surface area contributed by atoms with Gasteiger partial charge in [-0.3, -0.25) is 28.5 Å². The molecule has 1 atom stereocenters. The van der Waals surface area contributed by atoms with Gasteiger partial charge in [0.1, 0.15) is 5.39 Å². The van der Waals surface area contributed by atoms with Gasteiger partial charge in [0.2, 0.25) is 0 Å². The van der Waals surface area contributed by atoms with Crippen LogP contribution in [0.4, 0.5) is 0 Å². The number of hydrogen-bond donors (Lipinski definition) is 1. The van der Waals surface area contributed by atoms with Crippen LogP contribution in [0, 0.1) is 0 Å². The predicted molar refractivity (Wildman–Crippen MR) is 156 cm³/mol. The van der Waals surface area contributed by atoms with Crippen molar-refractivity contribution in [3.8, 4) is 5.75 Å². The van der Waals surface area contributed by atoms with Crippen molar-refractivity contribution in [3.05, 3.63) is 76.2 Å². The molecule has 3 heterocycles. The summed E-state index contributed by atoms with van der Waals surface area (Å²) in [7, 11) is 3.09. The number of para-hydroxylation sites is 1. The highest BCUT2D eigenvalue weighted by Crippen LogP contribution is 2.35. The van der Waals surface area contributed by atoms with Gasteiger partial charge in [-0.1, -0.05) is 48.5 Å². The predicted octanol–water partition coefficient (Wildman–Crippen LogP) is 2.67. The van der Waals surface area contributed by atoms with Gasteiger partial charge in [-0.25, -0.2) is 0 Å². The van der Waals surface area contributed by atoms with Crippen molar-refractivity contribution >= 4 is 45.4 Å². The first-order chi connectivity index (χ1) is 20.2. The topological polar surface area (TPSA) is 129 Å². The number of methoxy groups -OCH3 is 1. The number of amides is 2. The summed E-state index contributed by atoms with van der Waals surface area (Å²) >= 11 is 0. The summed E-state index contributed by atoms with van der Waals surface area (Å²) in [5, 5.41) is 3.88. The largest absolute Gasteiger partial charge is 0.493 e. The molecular weight excluding hydrogens is 540 g/mol. The summed E-state index contributed by atoms with van der Waals surface area (Å²) < 4.78 is 13.6. The van der Waals surface area contributed by atoms with Crippen molar-refractivity contribution < 1.29 is 28.7 Å². The monoisotopic (exact) mass is 572 g/mol. The minimum atomic E-state index is -0.538. The van der Waals surface area contributed by atoms with Crippen molar-refractivity contribution in [2.24, 2.45) is 7.05 Å². The number of esters is 1. The van der Waals surface area contributed by atoms with Gasteiger partial charge in [0.15, 0.2) is 23.8 Å². The molecule has 1 unspecified atom stereocenters. The van der Waals surface area contributed by atoms with E-state index in [0.717, 1.165) is 0 Å². The third-order valence-electron chi connectivity index (χ3n) is 7.58. The van der Waals surface area contributed by atoms with Gasteiger partial charge < -0.3 is 24.3 Å². The fourth-order valence-electron chi connectivity index (χ4n) is 5.63. The van der Waals surface area contributed by atoms with E-state index in [4.69, 9.17) is 9.47 Å². The maximum absolute atomic E-state index is 14.0. The number of likely N-dealkylation sites (tertiary alicyclic amines) is 1. The molecular formula is C31H32N4O7. The SMILES string of the molecule is COc1c(C(=O)NC2CCCN(C(=O)COC(C)=O)C2)n(C)c2c1c(=O)n(CC(=O)c1ccccc1)c1ccccc21. The van der Waals surface area contributed by atoms with Gasteiger partial charge >= 0.3 is 5.97 Å². The highest BCUT2D eigenvalue weighted by Gasteiger charge is 2.31. The van der Waals surface area contributed by atoms with Crippen LogP contribution in [0.2, 0.25) is 0 Å². The number of pyridine rings is 1. The lowest BCUT2D eigenvalue weighted by Gasteiger charge is -2.33. The fraction of sp³-hybridized carbons (Fsp3) is 0.323. The highest BCUT2D eigenvalue weighted by molar-refractivity contribution is 6.12. The molecule has 1 saturated heterocycles. The van der Waals surface area contributed by atoms with E-state index in [-0.39, 0.29) is 54.3 Å². The third kappa shape index (κ3) is 5.37. The molecule has 0 bridgehead atoms. The molecule has 11 heteroatoms. The number of aromatic nitrogens is 2. The molecule has 5 rings (SSSR count). The first kappa shape index (κ1) is 28.6. The van der Waals surface area contributed by atoms with Crippen LogP contribution in [0.1, 0.15) is 40.6 Å². The number of aryl methyl sites for hydroxylation is 1. The van der Waals surface area contributed by atoms with E-state index in [2.05, 4.69) is 5.32 Å². The molecule has 0 radical (unpaired) electrons. The second kappa shape index (κ2) is 11.9. The number of benzene rings is 2. The standard InChI is InChI=1S/C31H32N4O7/c1-19(36)42-18-25(38)34-15-9-12-21(16-34)32-30(39)28-29(41-3)26-27(33(28)2)22-13-7-8-14-23(22)35(31(26)40)17-24(37)20-10-5-4-6-11-20/h4-8,10-11,13-14,21H,9,12,15-18H2,1-3H3,(H,32,39). The van der Waals surface area contributed by atoms with Crippen molar-refractivity contribution in [2.45, 2.75) is 32.4 Å². The van der Waals surface area contributed by atoms with Gasteiger partial charge in [0.05, 0.1) is 24.7 Å². The van der Waals surface area contributed by atoms with Crippen LogP contribution in [-0.2, 0) is 27.9 Å². The molecule has 1 fully saturated rings. The second-order valence-electron chi connectivity index (χ2n) is 10.3. The zero-order chi connectivity index (χ0) is 30.0. The van der Waals surface area contributed by atoms with Crippen LogP contribution in [0.5, 0.6) is 5.75 Å². The summed E-state index contributed by atoms with van der Waals surface area (Å²) in [5.74, 6) is -1.44. The first-order valence-electron chi connectivity index (χ1n) is 13.7. The summed E-state index contributed by atoms with van der Waals surface area (Å²) in [6.07, 6.45) is 1.31. The Morgan fingerprint density at radius 2 is 1.74 bits per heavy atom. The number of rotatable bonds is 8. The lowest BCUT2D eigenvalue weighted by molar-refractivity contribution is -0.150. The Balaban J connectivity index is 1.52. The number of nitrogens with one attached hydrogen (secondary N) is 1. The van der Waals surface area contributed by atoms with E-state index in [1.165, 1.54) is 18.6 Å². The smallest absolute Gasteiger partial charge is 0.303 e. The quantitative estimate of drug-likeness (QED) is 0.254. The van der Waals surface area contributed by atoms with Crippen LogP contribution in [0.3, 0.4) is 0 Å². The zero-order valence-electron chi connectivity index (χ0n) is 23.7. The Kier molecular flexibility index (Phi) is 8.10. The number of piperidine rings is 1. The molecule has 42 heavy (non-hydrogen) atoms. The Hall–Kier alpha value is -4.93. The number of hydrogen-bond acceptors (Lipinski definition) is 7. The maximum Gasteiger partial charge on any atom is 0.303 e. The minimum Gasteiger partial charge on any atom is -0.493 e. The summed E-state index contributed by atoms with van der Waals surface area (Å²) in [6, 6.07) is 15.6. The number of nitrogens with zero attached hydrogens (tertiary/aromatic N) is 3. The van der Waals surface area contributed by atoms with Crippen molar-refractivity contribution in [2.75, 3.05) is 26.8 Å². The normalized spacial score (nSPS) is 15.0. The fourth-order valence-corrected chi connectivity index (χ4v) is 5.63. The van der Waals surface area contributed by atoms with Crippen LogP contribution in [-0.4, -0.2) is 70.4 Å². The van der Waals surface area contributed by atoms with Gasteiger partial charge in [-0.2, -0.15) is 0 Å². The van der Waals surface area contributed by atoms with E-state index >= 15 is 0 Å². The number of carbonyl (C=O) groups excluding carboxylic acids is 4. The van der Waals surface area contributed by atoms with Crippen LogP contribution < -0.4 is 15.6 Å². The number of carbonyl (C=O) groups is 4. The Morgan fingerprint density at radius 1 is 1.02 bits per heavy atom. The molecule has 4 aromatic rings. The molecule has 1 N–H and O–H groups in total. The van der Waals surface area contributed by atoms with Crippen molar-refractivity contribution in [1.82, 2.24) is 19.4 Å². The Morgan fingerprint density at radius 3 is 2.45 bits per heavy atom. The molecule has 0 saturated carbocycles. The molecule has 1 aliphatic heterocycles. The van der Waals surface area contributed by atoms with Crippen LogP contribution >= 0.6 is 0 Å². The van der Waals surface area contributed by atoms with E-state index in [0.29, 0.717) is 41.4 Å². The minimum absolute atomic E-state index is 0.111. The maximum atomic E-state index is 14.0. The van der Waals surface area contributed by atoms with Gasteiger partial charge in [-0.15, -0.1) is 0 Å². The zero-order valence-corrected chi connectivity index (χ0v) is 23.7. The van der Waals surface area contributed by atoms with E-state index in [9.17, 15) is 24.0 Å². The summed E-state index contributed by atoms with van der Waals surface area (Å²) in [5.41, 5.74) is 1.28. The van der Waals surface area contributed by atoms with E-state index in [1.54, 1.807) is 52.9 Å². The lowest BCUT2D eigenvalue weighted by Crippen LogP contribution is -2.50. The highest BCUT2D eigenvalue weighted by atomic mass is 16.5.